The van der Waals surface area contributed by atoms with Gasteiger partial charge in [0.2, 0.25) is 5.95 Å². The summed E-state index contributed by atoms with van der Waals surface area (Å²) in [7, 11) is 0. The molecule has 2 aromatic heterocycles. The standard InChI is InChI=1S/C12H11N5/c1-9-3-2-5-14-11(9)8-16-12-15-6-4-10(7-13)17-12/h2-6H,8H2,1H3,(H,15,16,17). The van der Waals surface area contributed by atoms with Crippen molar-refractivity contribution in [2.45, 2.75) is 13.5 Å². The number of nitrogens with one attached hydrogen (secondary N) is 1. The second-order valence-electron chi connectivity index (χ2n) is 3.50. The maximum Gasteiger partial charge on any atom is 0.224 e. The van der Waals surface area contributed by atoms with E-state index in [2.05, 4.69) is 20.3 Å². The third-order valence-electron chi connectivity index (χ3n) is 2.30. The van der Waals surface area contributed by atoms with Crippen LogP contribution in [0.2, 0.25) is 0 Å². The van der Waals surface area contributed by atoms with Crippen LogP contribution >= 0.6 is 0 Å². The summed E-state index contributed by atoms with van der Waals surface area (Å²) < 4.78 is 0. The molecule has 0 saturated heterocycles. The summed E-state index contributed by atoms with van der Waals surface area (Å²) in [5.74, 6) is 0.439. The predicted molar refractivity (Wildman–Crippen MR) is 63.0 cm³/mol. The second-order valence-corrected chi connectivity index (χ2v) is 3.50. The SMILES string of the molecule is Cc1cccnc1CNc1nccc(C#N)n1. The Labute approximate surface area is 99.2 Å². The highest BCUT2D eigenvalue weighted by molar-refractivity contribution is 5.31. The monoisotopic (exact) mass is 225 g/mol. The zero-order valence-electron chi connectivity index (χ0n) is 9.38. The molecule has 1 N–H and O–H groups in total. The van der Waals surface area contributed by atoms with E-state index in [1.807, 2.05) is 25.1 Å². The van der Waals surface area contributed by atoms with E-state index in [1.165, 1.54) is 0 Å². The minimum Gasteiger partial charge on any atom is -0.349 e. The molecule has 2 aromatic rings. The lowest BCUT2D eigenvalue weighted by molar-refractivity contribution is 0.980. The van der Waals surface area contributed by atoms with Gasteiger partial charge in [-0.1, -0.05) is 6.07 Å². The van der Waals surface area contributed by atoms with Crippen molar-refractivity contribution in [3.05, 3.63) is 47.5 Å². The molecule has 0 aliphatic carbocycles. The maximum atomic E-state index is 8.71. The third-order valence-corrected chi connectivity index (χ3v) is 2.30. The minimum atomic E-state index is 0.347. The molecule has 0 aliphatic rings. The Morgan fingerprint density at radius 2 is 2.18 bits per heavy atom. The molecule has 0 bridgehead atoms. The van der Waals surface area contributed by atoms with Crippen molar-refractivity contribution in [3.63, 3.8) is 0 Å². The summed E-state index contributed by atoms with van der Waals surface area (Å²) in [4.78, 5) is 12.3. The molecule has 0 aromatic carbocycles. The van der Waals surface area contributed by atoms with Crippen LogP contribution in [-0.4, -0.2) is 15.0 Å². The fourth-order valence-electron chi connectivity index (χ4n) is 1.37. The van der Waals surface area contributed by atoms with E-state index in [1.54, 1.807) is 18.5 Å². The molecule has 2 rings (SSSR count). The number of rotatable bonds is 3. The zero-order valence-corrected chi connectivity index (χ0v) is 9.38. The molecule has 84 valence electrons. The number of aryl methyl sites for hydroxylation is 1. The Hall–Kier alpha value is -2.48. The Bertz CT molecular complexity index is 559. The van der Waals surface area contributed by atoms with Crippen molar-refractivity contribution in [2.75, 3.05) is 5.32 Å². The van der Waals surface area contributed by atoms with Gasteiger partial charge in [0, 0.05) is 12.4 Å². The first-order valence-electron chi connectivity index (χ1n) is 5.17. The average molecular weight is 225 g/mol. The Kier molecular flexibility index (Phi) is 3.26. The summed E-state index contributed by atoms with van der Waals surface area (Å²) in [5.41, 5.74) is 2.40. The van der Waals surface area contributed by atoms with E-state index in [0.717, 1.165) is 11.3 Å². The lowest BCUT2D eigenvalue weighted by atomic mass is 10.2. The summed E-state index contributed by atoms with van der Waals surface area (Å²) in [6.45, 7) is 2.54. The summed E-state index contributed by atoms with van der Waals surface area (Å²) >= 11 is 0. The van der Waals surface area contributed by atoms with Crippen molar-refractivity contribution in [3.8, 4) is 6.07 Å². The first-order chi connectivity index (χ1) is 8.29. The Balaban J connectivity index is 2.08. The number of anilines is 1. The van der Waals surface area contributed by atoms with E-state index in [0.29, 0.717) is 18.2 Å². The molecule has 0 saturated carbocycles. The number of aromatic nitrogens is 3. The lowest BCUT2D eigenvalue weighted by Crippen LogP contribution is -2.06. The number of nitrogens with zero attached hydrogens (tertiary/aromatic N) is 4. The molecule has 0 amide bonds. The van der Waals surface area contributed by atoms with Crippen molar-refractivity contribution in [1.82, 2.24) is 15.0 Å². The molecule has 0 spiro atoms. The first-order valence-corrected chi connectivity index (χ1v) is 5.17. The van der Waals surface area contributed by atoms with Gasteiger partial charge in [0.15, 0.2) is 0 Å². The summed E-state index contributed by atoms with van der Waals surface area (Å²) in [5, 5.41) is 11.8. The van der Waals surface area contributed by atoms with E-state index >= 15 is 0 Å². The van der Waals surface area contributed by atoms with Gasteiger partial charge in [-0.3, -0.25) is 4.98 Å². The second kappa shape index (κ2) is 5.03. The molecule has 0 aliphatic heterocycles. The zero-order chi connectivity index (χ0) is 12.1. The number of hydrogen-bond donors (Lipinski definition) is 1. The normalized spacial score (nSPS) is 9.65. The molecule has 17 heavy (non-hydrogen) atoms. The average Bonchev–Trinajstić information content (AvgIpc) is 2.38. The predicted octanol–water partition coefficient (Wildman–Crippen LogP) is 1.66. The van der Waals surface area contributed by atoms with E-state index in [-0.39, 0.29) is 0 Å². The van der Waals surface area contributed by atoms with Gasteiger partial charge in [-0.15, -0.1) is 0 Å². The fourth-order valence-corrected chi connectivity index (χ4v) is 1.37. The largest absolute Gasteiger partial charge is 0.349 e. The van der Waals surface area contributed by atoms with Crippen LogP contribution in [0.1, 0.15) is 17.0 Å². The van der Waals surface area contributed by atoms with E-state index < -0.39 is 0 Å². The van der Waals surface area contributed by atoms with Gasteiger partial charge in [0.1, 0.15) is 11.8 Å². The van der Waals surface area contributed by atoms with Gasteiger partial charge in [-0.05, 0) is 24.6 Å². The lowest BCUT2D eigenvalue weighted by Gasteiger charge is -2.06. The van der Waals surface area contributed by atoms with Crippen molar-refractivity contribution < 1.29 is 0 Å². The van der Waals surface area contributed by atoms with Crippen molar-refractivity contribution in [2.24, 2.45) is 0 Å². The van der Waals surface area contributed by atoms with Gasteiger partial charge >= 0.3 is 0 Å². The van der Waals surface area contributed by atoms with Gasteiger partial charge < -0.3 is 5.32 Å². The topological polar surface area (TPSA) is 74.5 Å². The number of hydrogen-bond acceptors (Lipinski definition) is 5. The molecular weight excluding hydrogens is 214 g/mol. The minimum absolute atomic E-state index is 0.347. The van der Waals surface area contributed by atoms with Crippen LogP contribution in [0.4, 0.5) is 5.95 Å². The van der Waals surface area contributed by atoms with Crippen LogP contribution in [0.3, 0.4) is 0 Å². The molecule has 5 heteroatoms. The van der Waals surface area contributed by atoms with Gasteiger partial charge in [-0.25, -0.2) is 9.97 Å². The summed E-state index contributed by atoms with van der Waals surface area (Å²) in [6, 6.07) is 7.43. The third kappa shape index (κ3) is 2.75. The van der Waals surface area contributed by atoms with Gasteiger partial charge in [0.25, 0.3) is 0 Å². The quantitative estimate of drug-likeness (QED) is 0.859. The molecule has 0 fully saturated rings. The molecule has 5 nitrogen and oxygen atoms in total. The Morgan fingerprint density at radius 3 is 2.94 bits per heavy atom. The first kappa shape index (κ1) is 11.0. The van der Waals surface area contributed by atoms with Crippen molar-refractivity contribution >= 4 is 5.95 Å². The van der Waals surface area contributed by atoms with Crippen LogP contribution in [0.15, 0.2) is 30.6 Å². The van der Waals surface area contributed by atoms with Crippen LogP contribution in [0.25, 0.3) is 0 Å². The Morgan fingerprint density at radius 1 is 1.29 bits per heavy atom. The van der Waals surface area contributed by atoms with Gasteiger partial charge in [-0.2, -0.15) is 5.26 Å². The molecule has 2 heterocycles. The highest BCUT2D eigenvalue weighted by Crippen LogP contribution is 2.06. The van der Waals surface area contributed by atoms with E-state index in [4.69, 9.17) is 5.26 Å². The molecular formula is C12H11N5. The number of pyridine rings is 1. The van der Waals surface area contributed by atoms with Crippen molar-refractivity contribution in [1.29, 1.82) is 5.26 Å². The molecule has 0 unspecified atom stereocenters. The smallest absolute Gasteiger partial charge is 0.224 e. The summed E-state index contributed by atoms with van der Waals surface area (Å²) in [6.07, 6.45) is 3.30. The van der Waals surface area contributed by atoms with E-state index in [9.17, 15) is 0 Å². The number of nitriles is 1. The maximum absolute atomic E-state index is 8.71. The van der Waals surface area contributed by atoms with Crippen LogP contribution in [0, 0.1) is 18.3 Å². The fraction of sp³-hybridized carbons (Fsp3) is 0.167. The molecule has 0 atom stereocenters. The van der Waals surface area contributed by atoms with Crippen LogP contribution in [-0.2, 0) is 6.54 Å². The molecule has 0 radical (unpaired) electrons. The van der Waals surface area contributed by atoms with Crippen LogP contribution < -0.4 is 5.32 Å². The highest BCUT2D eigenvalue weighted by Gasteiger charge is 2.01. The highest BCUT2D eigenvalue weighted by atomic mass is 15.1. The van der Waals surface area contributed by atoms with Crippen LogP contribution in [0.5, 0.6) is 0 Å². The van der Waals surface area contributed by atoms with Gasteiger partial charge in [0.05, 0.1) is 12.2 Å².